The molecule has 2 aromatic heterocycles. The van der Waals surface area contributed by atoms with Gasteiger partial charge in [-0.3, -0.25) is 0 Å². The summed E-state index contributed by atoms with van der Waals surface area (Å²) >= 11 is 0. The van der Waals surface area contributed by atoms with Crippen LogP contribution in [0, 0.1) is 5.92 Å². The van der Waals surface area contributed by atoms with Gasteiger partial charge in [-0.05, 0) is 25.0 Å². The maximum atomic E-state index is 12.7. The van der Waals surface area contributed by atoms with Gasteiger partial charge in [0.2, 0.25) is 0 Å². The third-order valence-electron chi connectivity index (χ3n) is 3.68. The van der Waals surface area contributed by atoms with Crippen LogP contribution in [-0.2, 0) is 6.18 Å². The van der Waals surface area contributed by atoms with Crippen molar-refractivity contribution in [2.45, 2.75) is 31.5 Å². The van der Waals surface area contributed by atoms with E-state index in [9.17, 15) is 18.3 Å². The lowest BCUT2D eigenvalue weighted by Crippen LogP contribution is -2.22. The molecule has 1 fully saturated rings. The van der Waals surface area contributed by atoms with Crippen LogP contribution >= 0.6 is 0 Å². The van der Waals surface area contributed by atoms with E-state index < -0.39 is 12.0 Å². The molecular formula is C12H14F3N5O. The lowest BCUT2D eigenvalue weighted by atomic mass is 10.1. The smallest absolute Gasteiger partial charge is 0.393 e. The van der Waals surface area contributed by atoms with E-state index in [2.05, 4.69) is 20.6 Å². The molecule has 0 bridgehead atoms. The molecule has 114 valence electrons. The Morgan fingerprint density at radius 3 is 2.76 bits per heavy atom. The Morgan fingerprint density at radius 2 is 2.10 bits per heavy atom. The molecule has 0 saturated heterocycles. The Balaban J connectivity index is 1.80. The first kappa shape index (κ1) is 14.1. The van der Waals surface area contributed by atoms with Gasteiger partial charge in [-0.15, -0.1) is 15.3 Å². The number of nitrogens with one attached hydrogen (secondary N) is 1. The minimum absolute atomic E-state index is 0.0359. The van der Waals surface area contributed by atoms with Crippen LogP contribution in [0.4, 0.5) is 19.0 Å². The second-order valence-corrected chi connectivity index (χ2v) is 5.15. The summed E-state index contributed by atoms with van der Waals surface area (Å²) in [7, 11) is 0. The summed E-state index contributed by atoms with van der Waals surface area (Å²) in [6.07, 6.45) is -2.34. The predicted molar refractivity (Wildman–Crippen MR) is 67.6 cm³/mol. The molecule has 1 aliphatic carbocycles. The van der Waals surface area contributed by atoms with Gasteiger partial charge in [-0.1, -0.05) is 6.42 Å². The summed E-state index contributed by atoms with van der Waals surface area (Å²) in [5, 5.41) is 23.1. The van der Waals surface area contributed by atoms with E-state index >= 15 is 0 Å². The van der Waals surface area contributed by atoms with Crippen molar-refractivity contribution in [1.29, 1.82) is 0 Å². The molecule has 9 heteroatoms. The molecular weight excluding hydrogens is 287 g/mol. The number of hydrogen-bond donors (Lipinski definition) is 2. The lowest BCUT2D eigenvalue weighted by molar-refractivity contribution is -0.146. The molecule has 1 saturated carbocycles. The molecule has 3 rings (SSSR count). The lowest BCUT2D eigenvalue weighted by Gasteiger charge is -2.15. The van der Waals surface area contributed by atoms with Crippen LogP contribution in [0.25, 0.3) is 5.65 Å². The van der Waals surface area contributed by atoms with Crippen LogP contribution in [0.2, 0.25) is 0 Å². The number of anilines is 1. The molecule has 2 aromatic rings. The van der Waals surface area contributed by atoms with Gasteiger partial charge >= 0.3 is 6.18 Å². The second-order valence-electron chi connectivity index (χ2n) is 5.15. The van der Waals surface area contributed by atoms with Gasteiger partial charge in [0.25, 0.3) is 5.82 Å². The second kappa shape index (κ2) is 5.14. The van der Waals surface area contributed by atoms with Crippen molar-refractivity contribution in [2.24, 2.45) is 5.92 Å². The Morgan fingerprint density at radius 1 is 1.29 bits per heavy atom. The molecule has 2 atom stereocenters. The first-order valence-corrected chi connectivity index (χ1v) is 6.67. The Hall–Kier alpha value is -1.90. The average molecular weight is 301 g/mol. The van der Waals surface area contributed by atoms with Crippen molar-refractivity contribution >= 4 is 11.5 Å². The average Bonchev–Trinajstić information content (AvgIpc) is 3.01. The molecule has 21 heavy (non-hydrogen) atoms. The van der Waals surface area contributed by atoms with E-state index in [1.165, 1.54) is 6.07 Å². The summed E-state index contributed by atoms with van der Waals surface area (Å²) in [6, 6.07) is 2.97. The summed E-state index contributed by atoms with van der Waals surface area (Å²) in [4.78, 5) is 0. The number of rotatable bonds is 3. The van der Waals surface area contributed by atoms with Crippen LogP contribution < -0.4 is 5.32 Å². The molecule has 0 radical (unpaired) electrons. The van der Waals surface area contributed by atoms with Crippen LogP contribution in [0.1, 0.15) is 25.1 Å². The molecule has 0 spiro atoms. The van der Waals surface area contributed by atoms with Gasteiger partial charge in [0.1, 0.15) is 5.82 Å². The Labute approximate surface area is 118 Å². The number of aliphatic hydroxyl groups excluding tert-OH is 1. The van der Waals surface area contributed by atoms with Crippen molar-refractivity contribution in [3.63, 3.8) is 0 Å². The van der Waals surface area contributed by atoms with Gasteiger partial charge < -0.3 is 10.4 Å². The number of aliphatic hydroxyl groups is 1. The number of hydrogen-bond acceptors (Lipinski definition) is 5. The largest absolute Gasteiger partial charge is 0.453 e. The quantitative estimate of drug-likeness (QED) is 0.903. The molecule has 0 aliphatic heterocycles. The SMILES string of the molecule is OC1CCCC1CNc1ccc2nnc(C(F)(F)F)n2n1. The zero-order chi connectivity index (χ0) is 15.0. The fourth-order valence-electron chi connectivity index (χ4n) is 2.55. The van der Waals surface area contributed by atoms with Gasteiger partial charge in [-0.25, -0.2) is 0 Å². The molecule has 2 unspecified atom stereocenters. The number of halogens is 3. The maximum absolute atomic E-state index is 12.7. The normalized spacial score (nSPS) is 22.9. The van der Waals surface area contributed by atoms with Crippen LogP contribution in [0.15, 0.2) is 12.1 Å². The van der Waals surface area contributed by atoms with Gasteiger partial charge in [0.15, 0.2) is 5.65 Å². The van der Waals surface area contributed by atoms with Crippen LogP contribution in [0.3, 0.4) is 0 Å². The fraction of sp³-hybridized carbons (Fsp3) is 0.583. The molecule has 6 nitrogen and oxygen atoms in total. The van der Waals surface area contributed by atoms with Gasteiger partial charge in [-0.2, -0.15) is 17.7 Å². The van der Waals surface area contributed by atoms with E-state index in [0.717, 1.165) is 19.3 Å². The van der Waals surface area contributed by atoms with E-state index in [-0.39, 0.29) is 17.7 Å². The third-order valence-corrected chi connectivity index (χ3v) is 3.68. The standard InChI is InChI=1S/C12H14F3N5O/c13-12(14,15)11-18-17-10-5-4-9(19-20(10)11)16-6-7-2-1-3-8(7)21/h4-5,7-8,21H,1-3,6H2,(H,16,19). The maximum Gasteiger partial charge on any atom is 0.453 e. The third kappa shape index (κ3) is 2.78. The molecule has 0 amide bonds. The minimum atomic E-state index is -4.60. The first-order valence-electron chi connectivity index (χ1n) is 6.67. The number of fused-ring (bicyclic) bond motifs is 1. The van der Waals surface area contributed by atoms with Crippen molar-refractivity contribution in [3.05, 3.63) is 18.0 Å². The van der Waals surface area contributed by atoms with Crippen LogP contribution in [0.5, 0.6) is 0 Å². The highest BCUT2D eigenvalue weighted by Gasteiger charge is 2.37. The molecule has 1 aliphatic rings. The topological polar surface area (TPSA) is 75.3 Å². The van der Waals surface area contributed by atoms with E-state index in [0.29, 0.717) is 16.9 Å². The molecule has 2 heterocycles. The summed E-state index contributed by atoms with van der Waals surface area (Å²) in [6.45, 7) is 0.475. The number of aromatic nitrogens is 4. The highest BCUT2D eigenvalue weighted by molar-refractivity contribution is 5.44. The highest BCUT2D eigenvalue weighted by Crippen LogP contribution is 2.28. The van der Waals surface area contributed by atoms with Crippen molar-refractivity contribution < 1.29 is 18.3 Å². The van der Waals surface area contributed by atoms with Crippen molar-refractivity contribution in [3.8, 4) is 0 Å². The summed E-state index contributed by atoms with van der Waals surface area (Å²) < 4.78 is 38.9. The van der Waals surface area contributed by atoms with E-state index in [1.807, 2.05) is 0 Å². The number of nitrogens with zero attached hydrogens (tertiary/aromatic N) is 4. The zero-order valence-corrected chi connectivity index (χ0v) is 11.0. The summed E-state index contributed by atoms with van der Waals surface area (Å²) in [5.41, 5.74) is 0.0359. The first-order chi connectivity index (χ1) is 9.95. The van der Waals surface area contributed by atoms with E-state index in [1.54, 1.807) is 6.07 Å². The van der Waals surface area contributed by atoms with Gasteiger partial charge in [0.05, 0.1) is 6.10 Å². The number of alkyl halides is 3. The van der Waals surface area contributed by atoms with E-state index in [4.69, 9.17) is 0 Å². The van der Waals surface area contributed by atoms with Crippen LogP contribution in [-0.4, -0.2) is 37.6 Å². The molecule has 0 aromatic carbocycles. The minimum Gasteiger partial charge on any atom is -0.393 e. The highest BCUT2D eigenvalue weighted by atomic mass is 19.4. The van der Waals surface area contributed by atoms with Gasteiger partial charge in [0, 0.05) is 12.5 Å². The predicted octanol–water partition coefficient (Wildman–Crippen LogP) is 1.72. The summed E-state index contributed by atoms with van der Waals surface area (Å²) in [5.74, 6) is -0.751. The molecule has 2 N–H and O–H groups in total. The zero-order valence-electron chi connectivity index (χ0n) is 11.0. The van der Waals surface area contributed by atoms with Crippen molar-refractivity contribution in [2.75, 3.05) is 11.9 Å². The fourth-order valence-corrected chi connectivity index (χ4v) is 2.55. The Bertz CT molecular complexity index is 641. The monoisotopic (exact) mass is 301 g/mol. The Kier molecular flexibility index (Phi) is 3.44. The van der Waals surface area contributed by atoms with Crippen molar-refractivity contribution in [1.82, 2.24) is 19.8 Å².